The van der Waals surface area contributed by atoms with Crippen LogP contribution in [0.4, 0.5) is 13.2 Å². The van der Waals surface area contributed by atoms with Gasteiger partial charge < -0.3 is 0 Å². The molecule has 0 saturated heterocycles. The van der Waals surface area contributed by atoms with Crippen molar-refractivity contribution < 1.29 is 13.2 Å². The van der Waals surface area contributed by atoms with E-state index in [1.165, 1.54) is 0 Å². The molecule has 74 valence electrons. The number of hydrogen-bond acceptors (Lipinski definition) is 1. The Morgan fingerprint density at radius 2 is 1.92 bits per heavy atom. The van der Waals surface area contributed by atoms with Crippen molar-refractivity contribution in [2.75, 3.05) is 13.3 Å². The molecule has 1 aliphatic heterocycles. The molecule has 1 rings (SSSR count). The zero-order valence-corrected chi connectivity index (χ0v) is 8.65. The standard InChI is InChI=1S/C8H12F3NP/c1-6-4-5-7(8(9,10)11)12-13(6,2)3/h4-6H,1-3H3/q+1. The monoisotopic (exact) mass is 210 g/mol. The summed E-state index contributed by atoms with van der Waals surface area (Å²) in [5, 5.41) is 0. The molecule has 1 atom stereocenters. The maximum absolute atomic E-state index is 12.2. The van der Waals surface area contributed by atoms with Gasteiger partial charge in [0.15, 0.2) is 5.71 Å². The second-order valence-electron chi connectivity index (χ2n) is 3.56. The van der Waals surface area contributed by atoms with E-state index in [0.29, 0.717) is 0 Å². The fourth-order valence-corrected chi connectivity index (χ4v) is 2.42. The minimum absolute atomic E-state index is 0.151. The molecule has 0 saturated carbocycles. The molecular weight excluding hydrogens is 198 g/mol. The molecule has 0 radical (unpaired) electrons. The Balaban J connectivity index is 2.99. The summed E-state index contributed by atoms with van der Waals surface area (Å²) in [5.74, 6) is 0. The van der Waals surface area contributed by atoms with Crippen molar-refractivity contribution in [3.63, 3.8) is 0 Å². The first-order valence-corrected chi connectivity index (χ1v) is 6.63. The highest BCUT2D eigenvalue weighted by atomic mass is 31.2. The van der Waals surface area contributed by atoms with E-state index in [4.69, 9.17) is 0 Å². The normalized spacial score (nSPS) is 27.2. The van der Waals surface area contributed by atoms with Crippen molar-refractivity contribution in [3.05, 3.63) is 12.2 Å². The Kier molecular flexibility index (Phi) is 2.54. The van der Waals surface area contributed by atoms with Gasteiger partial charge in [0.05, 0.1) is 13.3 Å². The molecule has 0 amide bonds. The number of halogens is 3. The van der Waals surface area contributed by atoms with Crippen molar-refractivity contribution in [1.29, 1.82) is 0 Å². The highest BCUT2D eigenvalue weighted by Crippen LogP contribution is 2.60. The predicted molar refractivity (Wildman–Crippen MR) is 50.9 cm³/mol. The van der Waals surface area contributed by atoms with Gasteiger partial charge in [-0.3, -0.25) is 0 Å². The number of allylic oxidation sites excluding steroid dienone is 2. The predicted octanol–water partition coefficient (Wildman–Crippen LogP) is 3.14. The molecule has 0 aromatic rings. The van der Waals surface area contributed by atoms with E-state index in [9.17, 15) is 13.2 Å². The Labute approximate surface area is 76.1 Å². The summed E-state index contributed by atoms with van der Waals surface area (Å²) in [6.45, 7) is 5.53. The minimum atomic E-state index is -4.30. The van der Waals surface area contributed by atoms with Crippen molar-refractivity contribution in [1.82, 2.24) is 0 Å². The van der Waals surface area contributed by atoms with Crippen molar-refractivity contribution in [3.8, 4) is 0 Å². The van der Waals surface area contributed by atoms with Gasteiger partial charge in [0.2, 0.25) is 0 Å². The van der Waals surface area contributed by atoms with Crippen LogP contribution in [0.3, 0.4) is 0 Å². The molecule has 0 aromatic heterocycles. The lowest BCUT2D eigenvalue weighted by molar-refractivity contribution is -0.0575. The van der Waals surface area contributed by atoms with Crippen LogP contribution in [0.15, 0.2) is 16.9 Å². The van der Waals surface area contributed by atoms with E-state index in [-0.39, 0.29) is 5.66 Å². The summed E-state index contributed by atoms with van der Waals surface area (Å²) in [7, 11) is -1.80. The maximum atomic E-state index is 12.2. The molecule has 0 bridgehead atoms. The highest BCUT2D eigenvalue weighted by Gasteiger charge is 2.43. The van der Waals surface area contributed by atoms with Crippen LogP contribution in [-0.2, 0) is 0 Å². The number of hydrogen-bond donors (Lipinski definition) is 0. The third kappa shape index (κ3) is 2.31. The van der Waals surface area contributed by atoms with Crippen LogP contribution in [0.2, 0.25) is 0 Å². The lowest BCUT2D eigenvalue weighted by Crippen LogP contribution is -2.24. The second-order valence-corrected chi connectivity index (χ2v) is 7.53. The molecule has 0 N–H and O–H groups in total. The van der Waals surface area contributed by atoms with Crippen LogP contribution in [-0.4, -0.2) is 30.9 Å². The molecular formula is C8H12F3NP+. The van der Waals surface area contributed by atoms with Gasteiger partial charge in [-0.05, 0) is 19.1 Å². The summed E-state index contributed by atoms with van der Waals surface area (Å²) in [6, 6.07) is 0. The van der Waals surface area contributed by atoms with E-state index in [1.54, 1.807) is 6.08 Å². The molecule has 0 aromatic carbocycles. The van der Waals surface area contributed by atoms with Crippen molar-refractivity contribution >= 4 is 13.1 Å². The second kappa shape index (κ2) is 3.09. The summed E-state index contributed by atoms with van der Waals surface area (Å²) in [4.78, 5) is 0. The fourth-order valence-electron chi connectivity index (χ4n) is 0.994. The van der Waals surface area contributed by atoms with E-state index < -0.39 is 19.3 Å². The number of alkyl halides is 3. The molecule has 1 heterocycles. The number of rotatable bonds is 0. The van der Waals surface area contributed by atoms with Crippen molar-refractivity contribution in [2.45, 2.75) is 18.8 Å². The summed E-state index contributed by atoms with van der Waals surface area (Å²) < 4.78 is 40.5. The Hall–Kier alpha value is -0.370. The lowest BCUT2D eigenvalue weighted by atomic mass is 10.3. The molecule has 0 aliphatic carbocycles. The average molecular weight is 210 g/mol. The van der Waals surface area contributed by atoms with Gasteiger partial charge in [0.1, 0.15) is 13.1 Å². The van der Waals surface area contributed by atoms with Crippen LogP contribution in [0.25, 0.3) is 0 Å². The Morgan fingerprint density at radius 3 is 2.31 bits per heavy atom. The zero-order chi connectivity index (χ0) is 10.3. The molecule has 1 aliphatic rings. The molecule has 1 nitrogen and oxygen atoms in total. The van der Waals surface area contributed by atoms with Crippen LogP contribution in [0, 0.1) is 0 Å². The SMILES string of the molecule is CC1C=CC(C(F)(F)F)=N[P+]1(C)C. The van der Waals surface area contributed by atoms with Crippen LogP contribution < -0.4 is 0 Å². The topological polar surface area (TPSA) is 12.4 Å². The van der Waals surface area contributed by atoms with Gasteiger partial charge in [0, 0.05) is 0 Å². The van der Waals surface area contributed by atoms with Gasteiger partial charge >= 0.3 is 6.18 Å². The Morgan fingerprint density at radius 1 is 1.38 bits per heavy atom. The average Bonchev–Trinajstić information content (AvgIpc) is 1.92. The van der Waals surface area contributed by atoms with Gasteiger partial charge in [-0.2, -0.15) is 13.2 Å². The smallest absolute Gasteiger partial charge is 0.164 e. The van der Waals surface area contributed by atoms with Gasteiger partial charge in [0.25, 0.3) is 0 Å². The van der Waals surface area contributed by atoms with Crippen LogP contribution >= 0.6 is 7.41 Å². The third-order valence-electron chi connectivity index (χ3n) is 2.19. The first kappa shape index (κ1) is 10.7. The van der Waals surface area contributed by atoms with Crippen LogP contribution in [0.5, 0.6) is 0 Å². The van der Waals surface area contributed by atoms with Gasteiger partial charge in [-0.1, -0.05) is 0 Å². The minimum Gasteiger partial charge on any atom is -0.164 e. The molecule has 5 heteroatoms. The van der Waals surface area contributed by atoms with E-state index in [1.807, 2.05) is 20.3 Å². The van der Waals surface area contributed by atoms with Crippen molar-refractivity contribution in [2.24, 2.45) is 4.76 Å². The third-order valence-corrected chi connectivity index (χ3v) is 5.08. The first-order chi connectivity index (χ1) is 5.73. The lowest BCUT2D eigenvalue weighted by Gasteiger charge is -2.22. The Bertz CT molecular complexity index is 265. The zero-order valence-electron chi connectivity index (χ0n) is 7.76. The summed E-state index contributed by atoms with van der Waals surface area (Å²) in [6.07, 6.45) is -1.62. The molecule has 1 unspecified atom stereocenters. The van der Waals surface area contributed by atoms with Gasteiger partial charge in [-0.15, -0.1) is 4.76 Å². The molecule has 13 heavy (non-hydrogen) atoms. The first-order valence-electron chi connectivity index (χ1n) is 3.93. The largest absolute Gasteiger partial charge is 0.436 e. The fraction of sp³-hybridized carbons (Fsp3) is 0.625. The maximum Gasteiger partial charge on any atom is 0.436 e. The summed E-state index contributed by atoms with van der Waals surface area (Å²) >= 11 is 0. The quantitative estimate of drug-likeness (QED) is 0.544. The highest BCUT2D eigenvalue weighted by molar-refractivity contribution is 7.74. The molecule has 0 spiro atoms. The summed E-state index contributed by atoms with van der Waals surface area (Å²) in [5.41, 5.74) is -0.581. The van der Waals surface area contributed by atoms with E-state index in [2.05, 4.69) is 4.76 Å². The van der Waals surface area contributed by atoms with E-state index >= 15 is 0 Å². The molecule has 0 fully saturated rings. The van der Waals surface area contributed by atoms with Crippen LogP contribution in [0.1, 0.15) is 6.92 Å². The number of nitrogens with zero attached hydrogens (tertiary/aromatic N) is 1. The van der Waals surface area contributed by atoms with E-state index in [0.717, 1.165) is 6.08 Å². The van der Waals surface area contributed by atoms with Gasteiger partial charge in [-0.25, -0.2) is 0 Å².